The van der Waals surface area contributed by atoms with Gasteiger partial charge in [0, 0.05) is 5.92 Å². The minimum Gasteiger partial charge on any atom is -0.378 e. The van der Waals surface area contributed by atoms with Crippen molar-refractivity contribution in [3.8, 4) is 0 Å². The minimum atomic E-state index is -1.10. The van der Waals surface area contributed by atoms with Gasteiger partial charge < -0.3 is 10.8 Å². The summed E-state index contributed by atoms with van der Waals surface area (Å²) in [4.78, 5) is 21.1. The number of hydrogen-bond acceptors (Lipinski definition) is 6. The van der Waals surface area contributed by atoms with E-state index in [0.717, 1.165) is 6.42 Å². The fourth-order valence-electron chi connectivity index (χ4n) is 2.07. The zero-order valence-corrected chi connectivity index (χ0v) is 8.04. The van der Waals surface area contributed by atoms with Crippen molar-refractivity contribution in [2.24, 2.45) is 27.9 Å². The molecule has 0 amide bonds. The monoisotopic (exact) mass is 201 g/mol. The molecule has 1 rings (SSSR count). The fourth-order valence-corrected chi connectivity index (χ4v) is 2.07. The van der Waals surface area contributed by atoms with Gasteiger partial charge in [-0.1, -0.05) is 17.3 Å². The lowest BCUT2D eigenvalue weighted by atomic mass is 9.75. The molecule has 0 spiro atoms. The van der Waals surface area contributed by atoms with Crippen molar-refractivity contribution in [1.29, 1.82) is 0 Å². The third kappa shape index (κ3) is 1.96. The Hall–Kier alpha value is -0.880. The number of aliphatic hydroxyl groups excluding tert-OH is 1. The highest BCUT2D eigenvalue weighted by Gasteiger charge is 2.42. The van der Waals surface area contributed by atoms with Crippen molar-refractivity contribution in [2.75, 3.05) is 0 Å². The second kappa shape index (κ2) is 4.56. The standard InChI is InChI=1S/C8H15N3O3/c1-4-2-3-5(8(9)12)7(11-14)6(4)10-13/h4-8,12H,2-3,9H2,1H3. The zero-order valence-electron chi connectivity index (χ0n) is 8.04. The molecule has 1 aliphatic carbocycles. The largest absolute Gasteiger partial charge is 0.378 e. The van der Waals surface area contributed by atoms with Crippen LogP contribution in [0.1, 0.15) is 19.8 Å². The average molecular weight is 201 g/mol. The van der Waals surface area contributed by atoms with Gasteiger partial charge in [-0.05, 0) is 18.8 Å². The number of nitroso groups, excluding NO2 is 2. The molecule has 0 bridgehead atoms. The highest BCUT2D eigenvalue weighted by atomic mass is 16.3. The van der Waals surface area contributed by atoms with E-state index >= 15 is 0 Å². The Kier molecular flexibility index (Phi) is 3.65. The summed E-state index contributed by atoms with van der Waals surface area (Å²) in [7, 11) is 0. The van der Waals surface area contributed by atoms with Crippen LogP contribution in [0.15, 0.2) is 10.4 Å². The molecule has 0 aromatic carbocycles. The number of rotatable bonds is 3. The van der Waals surface area contributed by atoms with E-state index in [0.29, 0.717) is 6.42 Å². The third-order valence-corrected chi connectivity index (χ3v) is 3.01. The molecule has 0 aromatic rings. The first-order valence-electron chi connectivity index (χ1n) is 4.70. The van der Waals surface area contributed by atoms with E-state index in [4.69, 9.17) is 5.73 Å². The molecule has 3 N–H and O–H groups in total. The molecule has 5 unspecified atom stereocenters. The second-order valence-corrected chi connectivity index (χ2v) is 3.90. The van der Waals surface area contributed by atoms with Gasteiger partial charge in [0.15, 0.2) is 0 Å². The molecule has 0 aromatic heterocycles. The van der Waals surface area contributed by atoms with Crippen molar-refractivity contribution in [1.82, 2.24) is 0 Å². The predicted octanol–water partition coefficient (Wildman–Crippen LogP) is 0.580. The Morgan fingerprint density at radius 1 is 1.29 bits per heavy atom. The van der Waals surface area contributed by atoms with Gasteiger partial charge >= 0.3 is 0 Å². The highest BCUT2D eigenvalue weighted by Crippen LogP contribution is 2.34. The average Bonchev–Trinajstić information content (AvgIpc) is 2.16. The lowest BCUT2D eigenvalue weighted by molar-refractivity contribution is 0.0589. The van der Waals surface area contributed by atoms with Crippen LogP contribution in [-0.2, 0) is 0 Å². The normalized spacial score (nSPS) is 40.2. The first kappa shape index (κ1) is 11.2. The summed E-state index contributed by atoms with van der Waals surface area (Å²) >= 11 is 0. The SMILES string of the molecule is CC1CCC(C(N)O)C(N=O)C1N=O. The summed E-state index contributed by atoms with van der Waals surface area (Å²) in [6.07, 6.45) is 0.247. The molecule has 1 fully saturated rings. The highest BCUT2D eigenvalue weighted by molar-refractivity contribution is 4.96. The molecule has 5 atom stereocenters. The Morgan fingerprint density at radius 2 is 1.86 bits per heavy atom. The van der Waals surface area contributed by atoms with Gasteiger partial charge in [-0.3, -0.25) is 0 Å². The summed E-state index contributed by atoms with van der Waals surface area (Å²) in [5.41, 5.74) is 5.31. The molecule has 14 heavy (non-hydrogen) atoms. The minimum absolute atomic E-state index is 0.0326. The number of nitrogens with two attached hydrogens (primary N) is 1. The van der Waals surface area contributed by atoms with E-state index < -0.39 is 24.2 Å². The van der Waals surface area contributed by atoms with E-state index in [1.165, 1.54) is 0 Å². The molecular weight excluding hydrogens is 186 g/mol. The maximum atomic E-state index is 10.6. The fraction of sp³-hybridized carbons (Fsp3) is 1.00. The van der Waals surface area contributed by atoms with Gasteiger partial charge in [-0.25, -0.2) is 0 Å². The van der Waals surface area contributed by atoms with Crippen LogP contribution in [0.3, 0.4) is 0 Å². The van der Waals surface area contributed by atoms with E-state index in [1.807, 2.05) is 6.92 Å². The van der Waals surface area contributed by atoms with Gasteiger partial charge in [0.1, 0.15) is 18.3 Å². The molecule has 1 aliphatic rings. The molecule has 1 saturated carbocycles. The zero-order chi connectivity index (χ0) is 10.7. The van der Waals surface area contributed by atoms with E-state index in [-0.39, 0.29) is 5.92 Å². The van der Waals surface area contributed by atoms with E-state index in [2.05, 4.69) is 10.4 Å². The van der Waals surface area contributed by atoms with E-state index in [9.17, 15) is 14.9 Å². The molecule has 80 valence electrons. The Balaban J connectivity index is 2.82. The lowest BCUT2D eigenvalue weighted by Crippen LogP contribution is -2.47. The van der Waals surface area contributed by atoms with Crippen LogP contribution < -0.4 is 5.73 Å². The number of hydrogen-bond donors (Lipinski definition) is 2. The maximum Gasteiger partial charge on any atom is 0.124 e. The molecular formula is C8H15N3O3. The first-order valence-corrected chi connectivity index (χ1v) is 4.70. The van der Waals surface area contributed by atoms with Crippen LogP contribution >= 0.6 is 0 Å². The van der Waals surface area contributed by atoms with Gasteiger partial charge in [-0.15, -0.1) is 0 Å². The van der Waals surface area contributed by atoms with Crippen LogP contribution in [0.25, 0.3) is 0 Å². The van der Waals surface area contributed by atoms with Gasteiger partial charge in [0.25, 0.3) is 0 Å². The second-order valence-electron chi connectivity index (χ2n) is 3.90. The molecule has 0 radical (unpaired) electrons. The first-order chi connectivity index (χ1) is 6.61. The Labute approximate surface area is 81.8 Å². The van der Waals surface area contributed by atoms with Crippen LogP contribution in [0.4, 0.5) is 0 Å². The Morgan fingerprint density at radius 3 is 2.29 bits per heavy atom. The van der Waals surface area contributed by atoms with Crippen molar-refractivity contribution in [3.63, 3.8) is 0 Å². The van der Waals surface area contributed by atoms with Crippen molar-refractivity contribution in [2.45, 2.75) is 38.1 Å². The van der Waals surface area contributed by atoms with Gasteiger partial charge in [0.05, 0.1) is 0 Å². The molecule has 0 heterocycles. The number of nitrogens with zero attached hydrogens (tertiary/aromatic N) is 2. The van der Waals surface area contributed by atoms with Crippen LogP contribution in [0.5, 0.6) is 0 Å². The molecule has 0 saturated heterocycles. The predicted molar refractivity (Wildman–Crippen MR) is 51.2 cm³/mol. The van der Waals surface area contributed by atoms with Crippen LogP contribution in [0.2, 0.25) is 0 Å². The van der Waals surface area contributed by atoms with Crippen molar-refractivity contribution < 1.29 is 5.11 Å². The molecule has 6 nitrogen and oxygen atoms in total. The van der Waals surface area contributed by atoms with Crippen molar-refractivity contribution >= 4 is 0 Å². The Bertz CT molecular complexity index is 222. The van der Waals surface area contributed by atoms with Gasteiger partial charge in [-0.2, -0.15) is 9.81 Å². The van der Waals surface area contributed by atoms with Crippen molar-refractivity contribution in [3.05, 3.63) is 9.81 Å². The maximum absolute atomic E-state index is 10.6. The third-order valence-electron chi connectivity index (χ3n) is 3.01. The van der Waals surface area contributed by atoms with E-state index in [1.54, 1.807) is 0 Å². The summed E-state index contributed by atoms with van der Waals surface area (Å²) in [6, 6.07) is -1.43. The summed E-state index contributed by atoms with van der Waals surface area (Å²) in [5.74, 6) is -0.406. The smallest absolute Gasteiger partial charge is 0.124 e. The number of aliphatic hydroxyl groups is 1. The lowest BCUT2D eigenvalue weighted by Gasteiger charge is -2.35. The summed E-state index contributed by atoms with van der Waals surface area (Å²) < 4.78 is 0. The quantitative estimate of drug-likeness (QED) is 0.514. The molecule has 0 aliphatic heterocycles. The van der Waals surface area contributed by atoms with Crippen LogP contribution in [-0.4, -0.2) is 23.4 Å². The van der Waals surface area contributed by atoms with Gasteiger partial charge in [0.2, 0.25) is 0 Å². The summed E-state index contributed by atoms with van der Waals surface area (Å²) in [5, 5.41) is 15.0. The molecule has 6 heteroatoms. The van der Waals surface area contributed by atoms with Crippen LogP contribution in [0, 0.1) is 21.6 Å². The summed E-state index contributed by atoms with van der Waals surface area (Å²) in [6.45, 7) is 1.85. The topological polar surface area (TPSA) is 105 Å².